The molecule has 0 radical (unpaired) electrons. The van der Waals surface area contributed by atoms with E-state index in [0.717, 1.165) is 0 Å². The summed E-state index contributed by atoms with van der Waals surface area (Å²) in [6.07, 6.45) is 3.32. The van der Waals surface area contributed by atoms with Crippen LogP contribution in [-0.2, 0) is 11.2 Å². The van der Waals surface area contributed by atoms with E-state index in [1.807, 2.05) is 0 Å². The molecule has 0 bridgehead atoms. The average Bonchev–Trinajstić information content (AvgIpc) is 2.94. The Bertz CT molecular complexity index is 570. The number of carbonyl (C=O) groups is 1. The maximum atomic E-state index is 11.7. The lowest BCUT2D eigenvalue weighted by Crippen LogP contribution is -2.13. The van der Waals surface area contributed by atoms with Gasteiger partial charge in [0.2, 0.25) is 6.39 Å². The van der Waals surface area contributed by atoms with Crippen molar-refractivity contribution in [1.82, 2.24) is 15.1 Å². The molecule has 0 unspecified atom stereocenters. The van der Waals surface area contributed by atoms with Gasteiger partial charge in [0, 0.05) is 19.2 Å². The van der Waals surface area contributed by atoms with Crippen molar-refractivity contribution in [2.45, 2.75) is 13.3 Å². The normalized spacial score (nSPS) is 10.2. The number of anilines is 2. The summed E-state index contributed by atoms with van der Waals surface area (Å²) in [5, 5.41) is 6.71. The van der Waals surface area contributed by atoms with Gasteiger partial charge in [-0.25, -0.2) is 9.78 Å². The zero-order chi connectivity index (χ0) is 14.4. The van der Waals surface area contributed by atoms with Crippen molar-refractivity contribution in [3.63, 3.8) is 0 Å². The number of pyridine rings is 1. The van der Waals surface area contributed by atoms with Crippen molar-refractivity contribution in [2.24, 2.45) is 0 Å². The molecule has 0 fully saturated rings. The van der Waals surface area contributed by atoms with Gasteiger partial charge >= 0.3 is 5.97 Å². The second-order valence-electron chi connectivity index (χ2n) is 3.87. The number of nitrogen functional groups attached to an aromatic ring is 1. The molecule has 3 N–H and O–H groups in total. The van der Waals surface area contributed by atoms with Crippen LogP contribution < -0.4 is 11.1 Å². The van der Waals surface area contributed by atoms with Crippen molar-refractivity contribution in [1.29, 1.82) is 0 Å². The van der Waals surface area contributed by atoms with E-state index in [1.165, 1.54) is 18.7 Å². The lowest BCUT2D eigenvalue weighted by atomic mass is 10.2. The quantitative estimate of drug-likeness (QED) is 0.747. The number of nitrogens with two attached hydrogens (primary N) is 1. The summed E-state index contributed by atoms with van der Waals surface area (Å²) in [6.45, 7) is 2.55. The lowest BCUT2D eigenvalue weighted by Gasteiger charge is -2.10. The summed E-state index contributed by atoms with van der Waals surface area (Å²) in [5.41, 5.74) is 6.46. The molecule has 0 atom stereocenters. The Balaban J connectivity index is 2.01. The fraction of sp³-hybridized carbons (Fsp3) is 0.333. The molecule has 0 aromatic carbocycles. The maximum absolute atomic E-state index is 11.7. The van der Waals surface area contributed by atoms with Crippen LogP contribution in [0.2, 0.25) is 0 Å². The molecule has 0 saturated carbocycles. The van der Waals surface area contributed by atoms with Crippen LogP contribution in [0, 0.1) is 0 Å². The highest BCUT2D eigenvalue weighted by Gasteiger charge is 2.14. The Morgan fingerprint density at radius 1 is 1.50 bits per heavy atom. The van der Waals surface area contributed by atoms with E-state index in [1.54, 1.807) is 6.92 Å². The molecule has 8 heteroatoms. The third-order valence-electron chi connectivity index (χ3n) is 2.53. The van der Waals surface area contributed by atoms with Crippen LogP contribution in [0.3, 0.4) is 0 Å². The van der Waals surface area contributed by atoms with Gasteiger partial charge in [0.15, 0.2) is 5.82 Å². The standard InChI is InChI=1S/C12H15N5O3/c1-2-19-12(18)8-3-5-14-11(10(8)13)15-6-4-9-16-7-20-17-9/h3,5,7H,2,4,6,13H2,1H3,(H,14,15). The summed E-state index contributed by atoms with van der Waals surface area (Å²) in [5.74, 6) is 0.547. The van der Waals surface area contributed by atoms with Crippen LogP contribution in [-0.4, -0.2) is 34.2 Å². The number of nitrogens with one attached hydrogen (secondary N) is 1. The SMILES string of the molecule is CCOC(=O)c1ccnc(NCCc2ncon2)c1N. The Morgan fingerprint density at radius 2 is 2.35 bits per heavy atom. The predicted octanol–water partition coefficient (Wildman–Crippen LogP) is 0.878. The molecular formula is C12H15N5O3. The molecular weight excluding hydrogens is 262 g/mol. The third kappa shape index (κ3) is 3.22. The van der Waals surface area contributed by atoms with Gasteiger partial charge in [-0.05, 0) is 13.0 Å². The van der Waals surface area contributed by atoms with Gasteiger partial charge in [-0.1, -0.05) is 5.16 Å². The second kappa shape index (κ2) is 6.50. The van der Waals surface area contributed by atoms with Crippen molar-refractivity contribution in [3.8, 4) is 0 Å². The molecule has 106 valence electrons. The predicted molar refractivity (Wildman–Crippen MR) is 71.1 cm³/mol. The minimum absolute atomic E-state index is 0.263. The molecule has 0 amide bonds. The monoisotopic (exact) mass is 277 g/mol. The van der Waals surface area contributed by atoms with Gasteiger partial charge in [-0.3, -0.25) is 0 Å². The molecule has 2 rings (SSSR count). The fourth-order valence-electron chi connectivity index (χ4n) is 1.60. The molecule has 0 spiro atoms. The number of hydrogen-bond acceptors (Lipinski definition) is 8. The Kier molecular flexibility index (Phi) is 4.48. The minimum Gasteiger partial charge on any atom is -0.462 e. The smallest absolute Gasteiger partial charge is 0.340 e. The molecule has 2 aromatic heterocycles. The highest BCUT2D eigenvalue weighted by Crippen LogP contribution is 2.20. The zero-order valence-electron chi connectivity index (χ0n) is 11.0. The van der Waals surface area contributed by atoms with E-state index in [-0.39, 0.29) is 5.69 Å². The minimum atomic E-state index is -0.464. The summed E-state index contributed by atoms with van der Waals surface area (Å²) in [6, 6.07) is 1.53. The van der Waals surface area contributed by atoms with Gasteiger partial charge in [-0.2, -0.15) is 4.98 Å². The summed E-state index contributed by atoms with van der Waals surface area (Å²) >= 11 is 0. The van der Waals surface area contributed by atoms with E-state index in [4.69, 9.17) is 10.5 Å². The van der Waals surface area contributed by atoms with E-state index in [9.17, 15) is 4.79 Å². The molecule has 0 aliphatic carbocycles. The number of aromatic nitrogens is 3. The second-order valence-corrected chi connectivity index (χ2v) is 3.87. The highest BCUT2D eigenvalue weighted by molar-refractivity contribution is 5.97. The van der Waals surface area contributed by atoms with Crippen molar-refractivity contribution < 1.29 is 14.1 Å². The summed E-state index contributed by atoms with van der Waals surface area (Å²) < 4.78 is 9.55. The summed E-state index contributed by atoms with van der Waals surface area (Å²) in [7, 11) is 0. The first-order valence-corrected chi connectivity index (χ1v) is 6.13. The Labute approximate surface area is 115 Å². The van der Waals surface area contributed by atoms with E-state index in [2.05, 4.69) is 25.0 Å². The number of nitrogens with zero attached hydrogens (tertiary/aromatic N) is 3. The molecule has 0 aliphatic heterocycles. The van der Waals surface area contributed by atoms with Crippen LogP contribution in [0.1, 0.15) is 23.1 Å². The summed E-state index contributed by atoms with van der Waals surface area (Å²) in [4.78, 5) is 19.7. The van der Waals surface area contributed by atoms with Gasteiger partial charge in [0.1, 0.15) is 5.82 Å². The van der Waals surface area contributed by atoms with E-state index in [0.29, 0.717) is 36.8 Å². The third-order valence-corrected chi connectivity index (χ3v) is 2.53. The molecule has 2 aromatic rings. The molecule has 8 nitrogen and oxygen atoms in total. The van der Waals surface area contributed by atoms with Crippen LogP contribution in [0.5, 0.6) is 0 Å². The maximum Gasteiger partial charge on any atom is 0.340 e. The van der Waals surface area contributed by atoms with E-state index < -0.39 is 5.97 Å². The van der Waals surface area contributed by atoms with Gasteiger partial charge < -0.3 is 20.3 Å². The number of hydrogen-bond donors (Lipinski definition) is 2. The first-order chi connectivity index (χ1) is 9.72. The van der Waals surface area contributed by atoms with Crippen molar-refractivity contribution in [2.75, 3.05) is 24.2 Å². The van der Waals surface area contributed by atoms with Crippen LogP contribution in [0.4, 0.5) is 11.5 Å². The fourth-order valence-corrected chi connectivity index (χ4v) is 1.60. The van der Waals surface area contributed by atoms with Gasteiger partial charge in [0.05, 0.1) is 17.9 Å². The molecule has 20 heavy (non-hydrogen) atoms. The largest absolute Gasteiger partial charge is 0.462 e. The van der Waals surface area contributed by atoms with Gasteiger partial charge in [-0.15, -0.1) is 0 Å². The molecule has 0 saturated heterocycles. The topological polar surface area (TPSA) is 116 Å². The molecule has 2 heterocycles. The Hall–Kier alpha value is -2.64. The number of esters is 1. The Morgan fingerprint density at radius 3 is 3.05 bits per heavy atom. The lowest BCUT2D eigenvalue weighted by molar-refractivity contribution is 0.0527. The molecule has 0 aliphatic rings. The van der Waals surface area contributed by atoms with E-state index >= 15 is 0 Å². The number of ether oxygens (including phenoxy) is 1. The number of rotatable bonds is 6. The van der Waals surface area contributed by atoms with Gasteiger partial charge in [0.25, 0.3) is 0 Å². The van der Waals surface area contributed by atoms with Crippen LogP contribution >= 0.6 is 0 Å². The number of carbonyl (C=O) groups excluding carboxylic acids is 1. The van der Waals surface area contributed by atoms with Crippen LogP contribution in [0.25, 0.3) is 0 Å². The highest BCUT2D eigenvalue weighted by atomic mass is 16.5. The average molecular weight is 277 g/mol. The van der Waals surface area contributed by atoms with Crippen molar-refractivity contribution in [3.05, 3.63) is 30.0 Å². The zero-order valence-corrected chi connectivity index (χ0v) is 11.0. The van der Waals surface area contributed by atoms with Crippen molar-refractivity contribution >= 4 is 17.5 Å². The first kappa shape index (κ1) is 13.8. The first-order valence-electron chi connectivity index (χ1n) is 6.13. The van der Waals surface area contributed by atoms with Crippen LogP contribution in [0.15, 0.2) is 23.2 Å².